The van der Waals surface area contributed by atoms with E-state index < -0.39 is 0 Å². The van der Waals surface area contributed by atoms with E-state index in [1.807, 2.05) is 41.3 Å². The Balaban J connectivity index is 1.33. The molecule has 1 amide bonds. The number of nitrogens with zero attached hydrogens (tertiary/aromatic N) is 3. The number of rotatable bonds is 5. The van der Waals surface area contributed by atoms with Crippen LogP contribution >= 0.6 is 0 Å². The second-order valence-electron chi connectivity index (χ2n) is 8.21. The molecule has 2 heterocycles. The van der Waals surface area contributed by atoms with Crippen LogP contribution in [0.5, 0.6) is 5.75 Å². The van der Waals surface area contributed by atoms with Crippen LogP contribution in [0.4, 0.5) is 0 Å². The van der Waals surface area contributed by atoms with Crippen LogP contribution in [0.2, 0.25) is 0 Å². The highest BCUT2D eigenvalue weighted by Gasteiger charge is 2.42. The standard InChI is InChI=1S/C24H27N3O2/c25-17-20-6-4-7-21(16-20)23(28)27-13-11-24(19-27)10-5-12-26(18-24)14-15-29-22-8-2-1-3-9-22/h1-4,6-9,16H,5,10-15,18-19H2/t24-/m1/s1. The Morgan fingerprint density at radius 1 is 1.07 bits per heavy atom. The monoisotopic (exact) mass is 389 g/mol. The Morgan fingerprint density at radius 2 is 1.93 bits per heavy atom. The summed E-state index contributed by atoms with van der Waals surface area (Å²) in [6, 6.07) is 19.1. The van der Waals surface area contributed by atoms with E-state index >= 15 is 0 Å². The zero-order chi connectivity index (χ0) is 20.1. The van der Waals surface area contributed by atoms with E-state index in [4.69, 9.17) is 10.00 Å². The maximum Gasteiger partial charge on any atom is 0.253 e. The average Bonchev–Trinajstić information content (AvgIpc) is 3.17. The second kappa shape index (κ2) is 8.67. The molecule has 2 saturated heterocycles. The number of piperidine rings is 1. The van der Waals surface area contributed by atoms with Crippen LogP contribution in [0, 0.1) is 16.7 Å². The number of carbonyl (C=O) groups is 1. The highest BCUT2D eigenvalue weighted by Crippen LogP contribution is 2.39. The first-order chi connectivity index (χ1) is 14.2. The van der Waals surface area contributed by atoms with Crippen molar-refractivity contribution >= 4 is 5.91 Å². The topological polar surface area (TPSA) is 56.6 Å². The van der Waals surface area contributed by atoms with Gasteiger partial charge in [-0.15, -0.1) is 0 Å². The van der Waals surface area contributed by atoms with E-state index in [1.165, 1.54) is 6.42 Å². The lowest BCUT2D eigenvalue weighted by Gasteiger charge is -2.40. The highest BCUT2D eigenvalue weighted by molar-refractivity contribution is 5.94. The van der Waals surface area contributed by atoms with E-state index in [-0.39, 0.29) is 11.3 Å². The summed E-state index contributed by atoms with van der Waals surface area (Å²) < 4.78 is 5.87. The number of ether oxygens (including phenoxy) is 1. The fraction of sp³-hybridized carbons (Fsp3) is 0.417. The molecule has 2 aliphatic heterocycles. The molecule has 1 spiro atoms. The second-order valence-corrected chi connectivity index (χ2v) is 8.21. The van der Waals surface area contributed by atoms with E-state index in [0.717, 1.165) is 51.3 Å². The molecule has 150 valence electrons. The van der Waals surface area contributed by atoms with Crippen molar-refractivity contribution in [1.82, 2.24) is 9.80 Å². The van der Waals surface area contributed by atoms with Gasteiger partial charge in [0.15, 0.2) is 0 Å². The summed E-state index contributed by atoms with van der Waals surface area (Å²) in [5, 5.41) is 9.09. The smallest absolute Gasteiger partial charge is 0.253 e. The van der Waals surface area contributed by atoms with E-state index in [2.05, 4.69) is 11.0 Å². The van der Waals surface area contributed by atoms with Crippen LogP contribution in [0.3, 0.4) is 0 Å². The summed E-state index contributed by atoms with van der Waals surface area (Å²) in [6.45, 7) is 5.31. The summed E-state index contributed by atoms with van der Waals surface area (Å²) in [6.07, 6.45) is 3.38. The molecule has 5 nitrogen and oxygen atoms in total. The van der Waals surface area contributed by atoms with Gasteiger partial charge in [0.2, 0.25) is 0 Å². The summed E-state index contributed by atoms with van der Waals surface area (Å²) in [5.41, 5.74) is 1.34. The van der Waals surface area contributed by atoms with Crippen molar-refractivity contribution in [3.05, 3.63) is 65.7 Å². The maximum absolute atomic E-state index is 12.9. The zero-order valence-corrected chi connectivity index (χ0v) is 16.7. The molecule has 2 aliphatic rings. The first-order valence-electron chi connectivity index (χ1n) is 10.4. The van der Waals surface area contributed by atoms with Gasteiger partial charge in [-0.2, -0.15) is 5.26 Å². The van der Waals surface area contributed by atoms with Crippen molar-refractivity contribution in [2.24, 2.45) is 5.41 Å². The first kappa shape index (κ1) is 19.5. The van der Waals surface area contributed by atoms with Gasteiger partial charge < -0.3 is 9.64 Å². The lowest BCUT2D eigenvalue weighted by Crippen LogP contribution is -2.46. The molecule has 0 radical (unpaired) electrons. The summed E-state index contributed by atoms with van der Waals surface area (Å²) in [4.78, 5) is 17.4. The fourth-order valence-electron chi connectivity index (χ4n) is 4.66. The molecular formula is C24H27N3O2. The normalized spacial score (nSPS) is 21.8. The molecule has 5 heteroatoms. The van der Waals surface area contributed by atoms with Gasteiger partial charge in [-0.1, -0.05) is 24.3 Å². The Labute approximate surface area is 172 Å². The minimum atomic E-state index is 0.0449. The van der Waals surface area contributed by atoms with E-state index in [1.54, 1.807) is 18.2 Å². The third-order valence-electron chi connectivity index (χ3n) is 6.12. The molecular weight excluding hydrogens is 362 g/mol. The van der Waals surface area contributed by atoms with Crippen LogP contribution in [-0.2, 0) is 0 Å². The van der Waals surface area contributed by atoms with Gasteiger partial charge in [-0.3, -0.25) is 9.69 Å². The number of benzene rings is 2. The van der Waals surface area contributed by atoms with Crippen molar-refractivity contribution in [3.8, 4) is 11.8 Å². The molecule has 4 rings (SSSR count). The number of likely N-dealkylation sites (tertiary alicyclic amines) is 2. The fourth-order valence-corrected chi connectivity index (χ4v) is 4.66. The summed E-state index contributed by atoms with van der Waals surface area (Å²) in [7, 11) is 0. The van der Waals surface area contributed by atoms with E-state index in [0.29, 0.717) is 17.7 Å². The van der Waals surface area contributed by atoms with Crippen molar-refractivity contribution in [2.75, 3.05) is 39.3 Å². The maximum atomic E-state index is 12.9. The number of carbonyl (C=O) groups excluding carboxylic acids is 1. The first-order valence-corrected chi connectivity index (χ1v) is 10.4. The Morgan fingerprint density at radius 3 is 2.76 bits per heavy atom. The Hall–Kier alpha value is -2.84. The van der Waals surface area contributed by atoms with Gasteiger partial charge in [-0.05, 0) is 56.1 Å². The van der Waals surface area contributed by atoms with Gasteiger partial charge >= 0.3 is 0 Å². The minimum absolute atomic E-state index is 0.0449. The molecule has 0 saturated carbocycles. The predicted octanol–water partition coefficient (Wildman–Crippen LogP) is 3.57. The van der Waals surface area contributed by atoms with Gasteiger partial charge in [0.1, 0.15) is 12.4 Å². The minimum Gasteiger partial charge on any atom is -0.492 e. The molecule has 1 atom stereocenters. The quantitative estimate of drug-likeness (QED) is 0.785. The molecule has 29 heavy (non-hydrogen) atoms. The number of nitriles is 1. The Kier molecular flexibility index (Phi) is 5.82. The zero-order valence-electron chi connectivity index (χ0n) is 16.7. The molecule has 2 fully saturated rings. The Bertz CT molecular complexity index is 892. The molecule has 0 unspecified atom stereocenters. The van der Waals surface area contributed by atoms with Gasteiger partial charge in [0, 0.05) is 37.2 Å². The molecule has 2 aromatic rings. The number of hydrogen-bond donors (Lipinski definition) is 0. The van der Waals surface area contributed by atoms with Crippen molar-refractivity contribution in [1.29, 1.82) is 5.26 Å². The lowest BCUT2D eigenvalue weighted by molar-refractivity contribution is 0.0658. The SMILES string of the molecule is N#Cc1cccc(C(=O)N2CC[C@@]3(CCCN(CCOc4ccccc4)C3)C2)c1. The van der Waals surface area contributed by atoms with Gasteiger partial charge in [0.05, 0.1) is 11.6 Å². The largest absolute Gasteiger partial charge is 0.492 e. The average molecular weight is 389 g/mol. The molecule has 0 aromatic heterocycles. The number of amides is 1. The predicted molar refractivity (Wildman–Crippen MR) is 112 cm³/mol. The van der Waals surface area contributed by atoms with Crippen LogP contribution in [0.15, 0.2) is 54.6 Å². The van der Waals surface area contributed by atoms with E-state index in [9.17, 15) is 4.79 Å². The van der Waals surface area contributed by atoms with Crippen LogP contribution < -0.4 is 4.74 Å². The third-order valence-corrected chi connectivity index (χ3v) is 6.12. The van der Waals surface area contributed by atoms with Crippen molar-refractivity contribution < 1.29 is 9.53 Å². The van der Waals surface area contributed by atoms with Crippen LogP contribution in [-0.4, -0.2) is 55.0 Å². The van der Waals surface area contributed by atoms with Crippen LogP contribution in [0.25, 0.3) is 0 Å². The molecule has 0 aliphatic carbocycles. The lowest BCUT2D eigenvalue weighted by atomic mass is 9.79. The summed E-state index contributed by atoms with van der Waals surface area (Å²) >= 11 is 0. The number of para-hydroxylation sites is 1. The van der Waals surface area contributed by atoms with Crippen molar-refractivity contribution in [3.63, 3.8) is 0 Å². The van der Waals surface area contributed by atoms with Crippen molar-refractivity contribution in [2.45, 2.75) is 19.3 Å². The highest BCUT2D eigenvalue weighted by atomic mass is 16.5. The van der Waals surface area contributed by atoms with Gasteiger partial charge in [0.25, 0.3) is 5.91 Å². The molecule has 2 aromatic carbocycles. The molecule has 0 N–H and O–H groups in total. The van der Waals surface area contributed by atoms with Gasteiger partial charge in [-0.25, -0.2) is 0 Å². The summed E-state index contributed by atoms with van der Waals surface area (Å²) in [5.74, 6) is 0.958. The number of hydrogen-bond acceptors (Lipinski definition) is 4. The van der Waals surface area contributed by atoms with Crippen LogP contribution in [0.1, 0.15) is 35.2 Å². The third kappa shape index (κ3) is 4.60. The molecule has 0 bridgehead atoms.